The second-order valence-electron chi connectivity index (χ2n) is 10.2. The Labute approximate surface area is 265 Å². The molecule has 0 atom stereocenters. The summed E-state index contributed by atoms with van der Waals surface area (Å²) in [5.41, 5.74) is 5.27. The molecule has 222 valence electrons. The highest BCUT2D eigenvalue weighted by Crippen LogP contribution is 2.30. The van der Waals surface area contributed by atoms with Crippen molar-refractivity contribution in [2.45, 2.75) is 26.8 Å². The van der Waals surface area contributed by atoms with Gasteiger partial charge in [-0.15, -0.1) is 37.2 Å². The van der Waals surface area contributed by atoms with E-state index in [1.807, 2.05) is 72.4 Å². The quantitative estimate of drug-likeness (QED) is 0.223. The fraction of sp³-hybridized carbons (Fsp3) is 0.333. The first-order chi connectivity index (χ1) is 18.4. The van der Waals surface area contributed by atoms with Gasteiger partial charge >= 0.3 is 0 Å². The van der Waals surface area contributed by atoms with Crippen LogP contribution in [0.15, 0.2) is 66.9 Å². The van der Waals surface area contributed by atoms with E-state index in [1.54, 1.807) is 0 Å². The van der Waals surface area contributed by atoms with E-state index in [0.717, 1.165) is 66.3 Å². The molecule has 11 heteroatoms. The van der Waals surface area contributed by atoms with Gasteiger partial charge in [0.1, 0.15) is 0 Å². The zero-order chi connectivity index (χ0) is 26.6. The SMILES string of the molecule is Cc1cccc(Nc2ccc3c(cnn3-c3cccc(C(=O)NCCN4CCN(C(C)C)CC4)c3)c2)c1Cl.Cl.Cl.Cl. The van der Waals surface area contributed by atoms with Crippen LogP contribution in [0.4, 0.5) is 11.4 Å². The van der Waals surface area contributed by atoms with Gasteiger partial charge in [-0.2, -0.15) is 5.10 Å². The zero-order valence-electron chi connectivity index (χ0n) is 23.5. The fourth-order valence-electron chi connectivity index (χ4n) is 4.93. The lowest BCUT2D eigenvalue weighted by atomic mass is 10.1. The van der Waals surface area contributed by atoms with Crippen LogP contribution in [0, 0.1) is 6.92 Å². The summed E-state index contributed by atoms with van der Waals surface area (Å²) in [6.45, 7) is 12.2. The third-order valence-corrected chi connectivity index (χ3v) is 7.74. The van der Waals surface area contributed by atoms with Crippen LogP contribution < -0.4 is 10.6 Å². The number of benzene rings is 3. The van der Waals surface area contributed by atoms with Crippen LogP contribution in [-0.4, -0.2) is 70.8 Å². The third kappa shape index (κ3) is 8.28. The Kier molecular flexibility index (Phi) is 13.2. The molecule has 0 bridgehead atoms. The standard InChI is InChI=1S/C30H35ClN6O.3ClH/c1-21(2)36-16-14-35(15-17-36)13-12-32-30(38)23-7-5-8-26(19-23)37-28-11-10-25(18-24(28)20-33-37)34-27-9-4-6-22(3)29(27)31;;;/h4-11,18-21,34H,12-17H2,1-3H3,(H,32,38);3*1H. The molecule has 0 unspecified atom stereocenters. The van der Waals surface area contributed by atoms with Crippen LogP contribution in [0.5, 0.6) is 0 Å². The Morgan fingerprint density at radius 1 is 0.976 bits per heavy atom. The van der Waals surface area contributed by atoms with E-state index in [1.165, 1.54) is 0 Å². The lowest BCUT2D eigenvalue weighted by Gasteiger charge is -2.36. The molecule has 5 rings (SSSR count). The number of fused-ring (bicyclic) bond motifs is 1. The van der Waals surface area contributed by atoms with Crippen molar-refractivity contribution in [2.24, 2.45) is 0 Å². The van der Waals surface area contributed by atoms with Crippen LogP contribution in [-0.2, 0) is 0 Å². The summed E-state index contributed by atoms with van der Waals surface area (Å²) in [5.74, 6) is -0.0642. The summed E-state index contributed by atoms with van der Waals surface area (Å²) in [4.78, 5) is 17.8. The molecule has 1 amide bonds. The van der Waals surface area contributed by atoms with Crippen molar-refractivity contribution in [3.8, 4) is 5.69 Å². The fourth-order valence-corrected chi connectivity index (χ4v) is 5.10. The van der Waals surface area contributed by atoms with E-state index in [4.69, 9.17) is 11.6 Å². The van der Waals surface area contributed by atoms with Crippen LogP contribution in [0.2, 0.25) is 5.02 Å². The van der Waals surface area contributed by atoms with Crippen molar-refractivity contribution in [2.75, 3.05) is 44.6 Å². The third-order valence-electron chi connectivity index (χ3n) is 7.24. The Morgan fingerprint density at radius 3 is 2.44 bits per heavy atom. The van der Waals surface area contributed by atoms with Crippen LogP contribution >= 0.6 is 48.8 Å². The van der Waals surface area contributed by atoms with Gasteiger partial charge in [0.15, 0.2) is 0 Å². The number of anilines is 2. The van der Waals surface area contributed by atoms with Gasteiger partial charge in [-0.3, -0.25) is 14.6 Å². The monoisotopic (exact) mass is 638 g/mol. The molecular formula is C30H38Cl4N6O. The minimum Gasteiger partial charge on any atom is -0.354 e. The summed E-state index contributed by atoms with van der Waals surface area (Å²) in [7, 11) is 0. The highest BCUT2D eigenvalue weighted by atomic mass is 35.5. The first-order valence-corrected chi connectivity index (χ1v) is 13.6. The van der Waals surface area contributed by atoms with Gasteiger partial charge in [0, 0.05) is 61.9 Å². The zero-order valence-corrected chi connectivity index (χ0v) is 26.7. The first kappa shape index (κ1) is 34.7. The largest absolute Gasteiger partial charge is 0.354 e. The predicted octanol–water partition coefficient (Wildman–Crippen LogP) is 6.75. The number of halogens is 4. The molecule has 1 aliphatic heterocycles. The Bertz CT molecular complexity index is 1440. The molecule has 2 N–H and O–H groups in total. The van der Waals surface area contributed by atoms with Crippen molar-refractivity contribution >= 4 is 77.0 Å². The average molecular weight is 640 g/mol. The number of amides is 1. The van der Waals surface area contributed by atoms with Crippen molar-refractivity contribution in [1.82, 2.24) is 24.9 Å². The number of hydrogen-bond donors (Lipinski definition) is 2. The molecule has 0 aliphatic carbocycles. The molecule has 2 heterocycles. The van der Waals surface area contributed by atoms with Crippen molar-refractivity contribution < 1.29 is 4.79 Å². The van der Waals surface area contributed by atoms with Crippen LogP contribution in [0.3, 0.4) is 0 Å². The summed E-state index contributed by atoms with van der Waals surface area (Å²) in [5, 5.41) is 12.8. The molecule has 1 aliphatic rings. The van der Waals surface area contributed by atoms with Gasteiger partial charge in [0.05, 0.1) is 28.1 Å². The van der Waals surface area contributed by atoms with Crippen molar-refractivity contribution in [1.29, 1.82) is 0 Å². The molecule has 1 fully saturated rings. The second-order valence-corrected chi connectivity index (χ2v) is 10.5. The molecule has 4 aromatic rings. The van der Waals surface area contributed by atoms with Crippen LogP contribution in [0.1, 0.15) is 29.8 Å². The number of carbonyl (C=O) groups excluding carboxylic acids is 1. The summed E-state index contributed by atoms with van der Waals surface area (Å²) < 4.78 is 1.86. The van der Waals surface area contributed by atoms with Gasteiger partial charge in [-0.1, -0.05) is 29.8 Å². The van der Waals surface area contributed by atoms with Gasteiger partial charge in [-0.05, 0) is 68.8 Å². The number of carbonyl (C=O) groups is 1. The van der Waals surface area contributed by atoms with Gasteiger partial charge in [0.25, 0.3) is 5.91 Å². The minimum atomic E-state index is -0.0642. The molecule has 1 saturated heterocycles. The Morgan fingerprint density at radius 2 is 1.71 bits per heavy atom. The molecule has 0 saturated carbocycles. The minimum absolute atomic E-state index is 0. The number of piperazine rings is 1. The number of aromatic nitrogens is 2. The highest BCUT2D eigenvalue weighted by Gasteiger charge is 2.18. The number of nitrogens with one attached hydrogen (secondary N) is 2. The van der Waals surface area contributed by atoms with E-state index in [9.17, 15) is 4.79 Å². The predicted molar refractivity (Wildman–Crippen MR) is 178 cm³/mol. The maximum absolute atomic E-state index is 12.9. The molecule has 0 radical (unpaired) electrons. The normalized spacial score (nSPS) is 13.7. The van der Waals surface area contributed by atoms with Crippen molar-refractivity contribution in [3.05, 3.63) is 83.0 Å². The maximum atomic E-state index is 12.9. The molecule has 1 aromatic heterocycles. The number of aryl methyl sites for hydroxylation is 1. The molecule has 3 aromatic carbocycles. The van der Waals surface area contributed by atoms with E-state index < -0.39 is 0 Å². The average Bonchev–Trinajstić information content (AvgIpc) is 3.35. The number of hydrogen-bond acceptors (Lipinski definition) is 5. The van der Waals surface area contributed by atoms with E-state index in [-0.39, 0.29) is 43.1 Å². The number of rotatable bonds is 8. The van der Waals surface area contributed by atoms with Gasteiger partial charge < -0.3 is 10.6 Å². The van der Waals surface area contributed by atoms with Gasteiger partial charge in [-0.25, -0.2) is 4.68 Å². The van der Waals surface area contributed by atoms with Gasteiger partial charge in [0.2, 0.25) is 0 Å². The smallest absolute Gasteiger partial charge is 0.251 e. The van der Waals surface area contributed by atoms with Crippen molar-refractivity contribution in [3.63, 3.8) is 0 Å². The number of nitrogens with zero attached hydrogens (tertiary/aromatic N) is 4. The van der Waals surface area contributed by atoms with E-state index >= 15 is 0 Å². The van der Waals surface area contributed by atoms with Crippen LogP contribution in [0.25, 0.3) is 16.6 Å². The lowest BCUT2D eigenvalue weighted by molar-refractivity contribution is 0.0920. The molecule has 0 spiro atoms. The summed E-state index contributed by atoms with van der Waals surface area (Å²) >= 11 is 6.46. The molecule has 7 nitrogen and oxygen atoms in total. The molecule has 41 heavy (non-hydrogen) atoms. The van der Waals surface area contributed by atoms with E-state index in [0.29, 0.717) is 23.2 Å². The summed E-state index contributed by atoms with van der Waals surface area (Å²) in [6, 6.07) is 20.2. The topological polar surface area (TPSA) is 65.4 Å². The Hall–Kier alpha value is -2.52. The second kappa shape index (κ2) is 15.6. The molecular weight excluding hydrogens is 602 g/mol. The lowest BCUT2D eigenvalue weighted by Crippen LogP contribution is -2.50. The first-order valence-electron chi connectivity index (χ1n) is 13.2. The van der Waals surface area contributed by atoms with E-state index in [2.05, 4.69) is 45.4 Å². The maximum Gasteiger partial charge on any atom is 0.251 e. The summed E-state index contributed by atoms with van der Waals surface area (Å²) in [6.07, 6.45) is 1.84. The Balaban J connectivity index is 0.00000196. The highest BCUT2D eigenvalue weighted by molar-refractivity contribution is 6.34.